The number of hydrogen-bond donors (Lipinski definition) is 2. The van der Waals surface area contributed by atoms with Crippen LogP contribution in [0.15, 0.2) is 11.1 Å². The molecule has 6 rings (SSSR count). The third kappa shape index (κ3) is 4.16. The van der Waals surface area contributed by atoms with Gasteiger partial charge in [-0.1, -0.05) is 38.3 Å². The fourth-order valence-electron chi connectivity index (χ4n) is 10.4. The monoisotopic (exact) mass is 518 g/mol. The summed E-state index contributed by atoms with van der Waals surface area (Å²) in [6.45, 7) is 11.0. The first-order chi connectivity index (χ1) is 17.0. The Morgan fingerprint density at radius 1 is 1.14 bits per heavy atom. The zero-order valence-electron chi connectivity index (χ0n) is 23.3. The van der Waals surface area contributed by atoms with E-state index in [1.54, 1.807) is 11.1 Å². The second kappa shape index (κ2) is 9.06. The first-order valence-corrected chi connectivity index (χ1v) is 17.0. The standard InChI is InChI=1S/C30H50N2O3S/c1-6-20-13-27-28(31-17-20)19(3)30(35-27)12-10-23-24-8-7-21-14-22(32-36(5,33)34)9-11-29(21,4)26(24)15-25(23)18(2)16-30/h19-24,26-28,31-32H,6-17H2,1-5H3/t19-,20+,21-,22-,23+,24+,26+,27-,28+,29+,30+/m1/s1. The molecule has 0 aromatic heterocycles. The second-order valence-electron chi connectivity index (χ2n) is 14.2. The summed E-state index contributed by atoms with van der Waals surface area (Å²) in [6, 6.07) is 0.661. The number of fused-ring (bicyclic) bond motifs is 6. The summed E-state index contributed by atoms with van der Waals surface area (Å²) in [5.74, 6) is 4.33. The molecule has 36 heavy (non-hydrogen) atoms. The number of ether oxygens (including phenoxy) is 1. The summed E-state index contributed by atoms with van der Waals surface area (Å²) < 4.78 is 33.8. The number of hydrogen-bond acceptors (Lipinski definition) is 4. The molecule has 0 amide bonds. The van der Waals surface area contributed by atoms with Crippen LogP contribution in [0.1, 0.15) is 98.3 Å². The molecule has 1 spiro atoms. The van der Waals surface area contributed by atoms with Crippen molar-refractivity contribution in [2.75, 3.05) is 12.8 Å². The largest absolute Gasteiger partial charge is 0.369 e. The van der Waals surface area contributed by atoms with Crippen molar-refractivity contribution in [3.05, 3.63) is 11.1 Å². The fourth-order valence-corrected chi connectivity index (χ4v) is 11.3. The Balaban J connectivity index is 1.21. The van der Waals surface area contributed by atoms with E-state index >= 15 is 0 Å². The van der Waals surface area contributed by atoms with Crippen molar-refractivity contribution >= 4 is 10.0 Å². The van der Waals surface area contributed by atoms with Crippen molar-refractivity contribution in [2.24, 2.45) is 40.9 Å². The molecule has 11 atom stereocenters. The van der Waals surface area contributed by atoms with E-state index in [4.69, 9.17) is 4.74 Å². The van der Waals surface area contributed by atoms with Crippen LogP contribution < -0.4 is 10.0 Å². The van der Waals surface area contributed by atoms with Crippen LogP contribution in [0.3, 0.4) is 0 Å². The second-order valence-corrected chi connectivity index (χ2v) is 16.0. The van der Waals surface area contributed by atoms with Gasteiger partial charge >= 0.3 is 0 Å². The molecule has 0 bridgehead atoms. The Labute approximate surface area is 220 Å². The molecular weight excluding hydrogens is 468 g/mol. The minimum atomic E-state index is -3.13. The Kier molecular flexibility index (Phi) is 6.50. The molecular formula is C30H50N2O3S. The smallest absolute Gasteiger partial charge is 0.208 e. The average Bonchev–Trinajstić information content (AvgIpc) is 3.28. The van der Waals surface area contributed by atoms with Crippen molar-refractivity contribution in [1.29, 1.82) is 0 Å². The molecule has 4 aliphatic carbocycles. The van der Waals surface area contributed by atoms with Crippen molar-refractivity contribution in [3.63, 3.8) is 0 Å². The minimum absolute atomic E-state index is 0.0262. The van der Waals surface area contributed by atoms with Crippen molar-refractivity contribution in [3.8, 4) is 0 Å². The van der Waals surface area contributed by atoms with Crippen LogP contribution in [-0.4, -0.2) is 45.0 Å². The Bertz CT molecular complexity index is 1010. The number of piperidine rings is 1. The maximum atomic E-state index is 11.9. The van der Waals surface area contributed by atoms with E-state index < -0.39 is 10.0 Å². The molecule has 0 aromatic rings. The summed E-state index contributed by atoms with van der Waals surface area (Å²) in [4.78, 5) is 0. The van der Waals surface area contributed by atoms with Crippen LogP contribution in [0, 0.1) is 40.9 Å². The zero-order valence-corrected chi connectivity index (χ0v) is 24.1. The van der Waals surface area contributed by atoms with Gasteiger partial charge in [-0.15, -0.1) is 0 Å². The molecule has 0 radical (unpaired) electrons. The van der Waals surface area contributed by atoms with Crippen molar-refractivity contribution in [1.82, 2.24) is 10.0 Å². The Morgan fingerprint density at radius 2 is 1.94 bits per heavy atom. The highest BCUT2D eigenvalue weighted by atomic mass is 32.2. The van der Waals surface area contributed by atoms with Gasteiger partial charge in [-0.3, -0.25) is 0 Å². The number of sulfonamides is 1. The Morgan fingerprint density at radius 3 is 2.69 bits per heavy atom. The van der Waals surface area contributed by atoms with Crippen LogP contribution >= 0.6 is 0 Å². The molecule has 2 saturated heterocycles. The van der Waals surface area contributed by atoms with E-state index in [1.807, 2.05) is 0 Å². The van der Waals surface area contributed by atoms with Crippen LogP contribution in [0.25, 0.3) is 0 Å². The fraction of sp³-hybridized carbons (Fsp3) is 0.933. The van der Waals surface area contributed by atoms with Gasteiger partial charge in [0.2, 0.25) is 10.0 Å². The SMILES string of the molecule is CC[C@@H]1CN[C@H]2[C@@H](C)[C@@]3(CC[C@@H]4C(=C(C)C3)C[C@H]3[C@H]4CC[C@@H]4C[C@H](NS(C)(=O)=O)CC[C@@]43C)O[C@@H]2C1. The van der Waals surface area contributed by atoms with Crippen LogP contribution in [0.2, 0.25) is 0 Å². The van der Waals surface area contributed by atoms with Crippen molar-refractivity contribution < 1.29 is 13.2 Å². The molecule has 5 nitrogen and oxygen atoms in total. The molecule has 3 saturated carbocycles. The maximum Gasteiger partial charge on any atom is 0.208 e. The summed E-state index contributed by atoms with van der Waals surface area (Å²) >= 11 is 0. The van der Waals surface area contributed by atoms with E-state index in [2.05, 4.69) is 37.7 Å². The van der Waals surface area contributed by atoms with E-state index in [9.17, 15) is 8.42 Å². The average molecular weight is 519 g/mol. The molecule has 5 fully saturated rings. The third-order valence-electron chi connectivity index (χ3n) is 12.5. The highest BCUT2D eigenvalue weighted by Gasteiger charge is 2.59. The molecule has 0 unspecified atom stereocenters. The molecule has 0 aromatic carbocycles. The molecule has 6 heteroatoms. The summed E-state index contributed by atoms with van der Waals surface area (Å²) in [5, 5.41) is 3.90. The van der Waals surface area contributed by atoms with Gasteiger partial charge < -0.3 is 10.1 Å². The number of nitrogens with one attached hydrogen (secondary N) is 2. The summed E-state index contributed by atoms with van der Waals surface area (Å²) in [6.07, 6.45) is 14.9. The van der Waals surface area contributed by atoms with Gasteiger partial charge in [-0.25, -0.2) is 13.1 Å². The van der Waals surface area contributed by atoms with Crippen LogP contribution in [-0.2, 0) is 14.8 Å². The lowest BCUT2D eigenvalue weighted by Gasteiger charge is -2.54. The van der Waals surface area contributed by atoms with E-state index in [-0.39, 0.29) is 11.6 Å². The first kappa shape index (κ1) is 25.8. The van der Waals surface area contributed by atoms with Gasteiger partial charge in [0, 0.05) is 18.0 Å². The summed E-state index contributed by atoms with van der Waals surface area (Å²) in [5.41, 5.74) is 3.83. The first-order valence-electron chi connectivity index (χ1n) is 15.1. The van der Waals surface area contributed by atoms with E-state index in [0.717, 1.165) is 49.5 Å². The topological polar surface area (TPSA) is 67.4 Å². The molecule has 2 heterocycles. The molecule has 2 aliphatic heterocycles. The molecule has 204 valence electrons. The minimum Gasteiger partial charge on any atom is -0.369 e. The lowest BCUT2D eigenvalue weighted by Crippen LogP contribution is -2.50. The van der Waals surface area contributed by atoms with Gasteiger partial charge in [-0.05, 0) is 113 Å². The van der Waals surface area contributed by atoms with Crippen molar-refractivity contribution in [2.45, 2.75) is 122 Å². The van der Waals surface area contributed by atoms with Crippen LogP contribution in [0.4, 0.5) is 0 Å². The zero-order chi connectivity index (χ0) is 25.5. The summed E-state index contributed by atoms with van der Waals surface area (Å²) in [7, 11) is -3.13. The normalized spacial score (nSPS) is 50.9. The van der Waals surface area contributed by atoms with Gasteiger partial charge in [0.25, 0.3) is 0 Å². The van der Waals surface area contributed by atoms with E-state index in [0.29, 0.717) is 29.4 Å². The van der Waals surface area contributed by atoms with E-state index in [1.165, 1.54) is 57.6 Å². The number of allylic oxidation sites excluding steroid dienone is 1. The number of rotatable bonds is 3. The van der Waals surface area contributed by atoms with Gasteiger partial charge in [-0.2, -0.15) is 0 Å². The molecule has 6 aliphatic rings. The van der Waals surface area contributed by atoms with Gasteiger partial charge in [0.15, 0.2) is 0 Å². The molecule has 2 N–H and O–H groups in total. The van der Waals surface area contributed by atoms with Gasteiger partial charge in [0.1, 0.15) is 0 Å². The lowest BCUT2D eigenvalue weighted by molar-refractivity contribution is -0.0754. The predicted molar refractivity (Wildman–Crippen MR) is 145 cm³/mol. The highest BCUT2D eigenvalue weighted by Crippen LogP contribution is 2.65. The maximum absolute atomic E-state index is 11.9. The lowest BCUT2D eigenvalue weighted by atomic mass is 9.52. The third-order valence-corrected chi connectivity index (χ3v) is 13.2. The Hall–Kier alpha value is -0.430. The quantitative estimate of drug-likeness (QED) is 0.490. The van der Waals surface area contributed by atoms with Gasteiger partial charge in [0.05, 0.1) is 18.0 Å². The van der Waals surface area contributed by atoms with Crippen LogP contribution in [0.5, 0.6) is 0 Å². The predicted octanol–water partition coefficient (Wildman–Crippen LogP) is 5.42. The highest BCUT2D eigenvalue weighted by molar-refractivity contribution is 7.88.